The maximum Gasteiger partial charge on any atom is 0.314 e. The lowest BCUT2D eigenvalue weighted by Gasteiger charge is -2.32. The Balaban J connectivity index is 2.53. The Kier molecular flexibility index (Phi) is 7.52. The fourth-order valence-corrected chi connectivity index (χ4v) is 2.21. The number of hydrogen-bond donors (Lipinski definition) is 3. The molecule has 0 aliphatic heterocycles. The number of hydrogen-bond acceptors (Lipinski definition) is 3. The van der Waals surface area contributed by atoms with E-state index in [0.717, 1.165) is 5.56 Å². The minimum atomic E-state index is -0.405. The van der Waals surface area contributed by atoms with Gasteiger partial charge in [0.1, 0.15) is 0 Å². The first-order chi connectivity index (χ1) is 10.7. The molecule has 23 heavy (non-hydrogen) atoms. The van der Waals surface area contributed by atoms with Crippen molar-refractivity contribution in [3.63, 3.8) is 0 Å². The third-order valence-corrected chi connectivity index (χ3v) is 4.30. The Hall–Kier alpha value is -1.59. The number of aliphatic hydroxyl groups excluding tert-OH is 1. The van der Waals surface area contributed by atoms with Gasteiger partial charge in [0.15, 0.2) is 0 Å². The van der Waals surface area contributed by atoms with Crippen LogP contribution in [-0.4, -0.2) is 54.9 Å². The van der Waals surface area contributed by atoms with Gasteiger partial charge in [-0.15, -0.1) is 0 Å². The number of benzene rings is 1. The molecule has 0 heterocycles. The molecule has 0 spiro atoms. The van der Waals surface area contributed by atoms with E-state index in [1.165, 1.54) is 0 Å². The van der Waals surface area contributed by atoms with Gasteiger partial charge in [-0.25, -0.2) is 4.79 Å². The molecule has 1 aromatic carbocycles. The largest absolute Gasteiger partial charge is 0.393 e. The molecular weight excluding hydrogens is 290 g/mol. The van der Waals surface area contributed by atoms with Gasteiger partial charge in [-0.2, -0.15) is 0 Å². The number of carbonyl (C=O) groups is 1. The van der Waals surface area contributed by atoms with Crippen molar-refractivity contribution in [2.24, 2.45) is 0 Å². The highest BCUT2D eigenvalue weighted by Gasteiger charge is 2.21. The van der Waals surface area contributed by atoms with E-state index >= 15 is 0 Å². The fraction of sp³-hybridized carbons (Fsp3) is 0.611. The molecule has 0 aromatic heterocycles. The zero-order valence-electron chi connectivity index (χ0n) is 15.0. The van der Waals surface area contributed by atoms with Gasteiger partial charge in [0.05, 0.1) is 6.10 Å². The monoisotopic (exact) mass is 321 g/mol. The van der Waals surface area contributed by atoms with E-state index in [-0.39, 0.29) is 17.5 Å². The molecular formula is C18H31N3O2. The summed E-state index contributed by atoms with van der Waals surface area (Å²) in [7, 11) is 3.99. The van der Waals surface area contributed by atoms with Crippen LogP contribution in [-0.2, 0) is 0 Å². The van der Waals surface area contributed by atoms with Crippen LogP contribution in [0.5, 0.6) is 0 Å². The SMILES string of the molecule is CC(O)CC(CNC(=O)NCC(C)(C)N(C)C)c1ccccc1. The van der Waals surface area contributed by atoms with Crippen molar-refractivity contribution in [1.82, 2.24) is 15.5 Å². The predicted octanol–water partition coefficient (Wildman–Crippen LogP) is 2.18. The number of likely N-dealkylation sites (N-methyl/N-ethyl adjacent to an activating group) is 1. The van der Waals surface area contributed by atoms with Crippen molar-refractivity contribution in [1.29, 1.82) is 0 Å². The van der Waals surface area contributed by atoms with Crippen molar-refractivity contribution in [2.75, 3.05) is 27.2 Å². The number of rotatable bonds is 8. The van der Waals surface area contributed by atoms with Crippen LogP contribution >= 0.6 is 0 Å². The van der Waals surface area contributed by atoms with E-state index in [0.29, 0.717) is 19.5 Å². The molecule has 0 fully saturated rings. The lowest BCUT2D eigenvalue weighted by atomic mass is 9.93. The standard InChI is InChI=1S/C18H31N3O2/c1-14(22)11-16(15-9-7-6-8-10-15)12-19-17(23)20-13-18(2,3)21(4)5/h6-10,14,16,22H,11-13H2,1-5H3,(H2,19,20,23). The van der Waals surface area contributed by atoms with E-state index in [4.69, 9.17) is 0 Å². The van der Waals surface area contributed by atoms with Crippen LogP contribution in [0.2, 0.25) is 0 Å². The summed E-state index contributed by atoms with van der Waals surface area (Å²) in [6.45, 7) is 7.00. The van der Waals surface area contributed by atoms with Crippen LogP contribution in [0.4, 0.5) is 4.79 Å². The number of amides is 2. The zero-order valence-corrected chi connectivity index (χ0v) is 15.0. The fourth-order valence-electron chi connectivity index (χ4n) is 2.21. The zero-order chi connectivity index (χ0) is 17.5. The first-order valence-electron chi connectivity index (χ1n) is 8.14. The Bertz CT molecular complexity index is 472. The van der Waals surface area contributed by atoms with Gasteiger partial charge in [0.2, 0.25) is 0 Å². The Morgan fingerprint density at radius 2 is 1.83 bits per heavy atom. The smallest absolute Gasteiger partial charge is 0.314 e. The van der Waals surface area contributed by atoms with Crippen LogP contribution in [0.25, 0.3) is 0 Å². The van der Waals surface area contributed by atoms with Crippen molar-refractivity contribution < 1.29 is 9.90 Å². The molecule has 130 valence electrons. The summed E-state index contributed by atoms with van der Waals surface area (Å²) in [4.78, 5) is 14.1. The van der Waals surface area contributed by atoms with E-state index < -0.39 is 6.10 Å². The lowest BCUT2D eigenvalue weighted by Crippen LogP contribution is -2.50. The Morgan fingerprint density at radius 1 is 1.22 bits per heavy atom. The van der Waals surface area contributed by atoms with Crippen LogP contribution in [0.3, 0.4) is 0 Å². The van der Waals surface area contributed by atoms with Gasteiger partial charge in [-0.3, -0.25) is 0 Å². The van der Waals surface area contributed by atoms with Crippen LogP contribution < -0.4 is 10.6 Å². The summed E-state index contributed by atoms with van der Waals surface area (Å²) < 4.78 is 0. The molecule has 5 heteroatoms. The van der Waals surface area contributed by atoms with Gasteiger partial charge in [0.25, 0.3) is 0 Å². The van der Waals surface area contributed by atoms with E-state index in [1.54, 1.807) is 6.92 Å². The van der Waals surface area contributed by atoms with Crippen molar-refractivity contribution in [3.8, 4) is 0 Å². The highest BCUT2D eigenvalue weighted by atomic mass is 16.3. The number of urea groups is 1. The average molecular weight is 321 g/mol. The van der Waals surface area contributed by atoms with E-state index in [2.05, 4.69) is 29.4 Å². The third kappa shape index (κ3) is 7.01. The molecule has 0 saturated carbocycles. The van der Waals surface area contributed by atoms with Gasteiger partial charge in [0, 0.05) is 24.5 Å². The van der Waals surface area contributed by atoms with Gasteiger partial charge < -0.3 is 20.6 Å². The number of carbonyl (C=O) groups excluding carboxylic acids is 1. The molecule has 2 atom stereocenters. The van der Waals surface area contributed by atoms with Gasteiger partial charge in [-0.05, 0) is 46.9 Å². The second kappa shape index (κ2) is 8.89. The highest BCUT2D eigenvalue weighted by Crippen LogP contribution is 2.20. The Labute approximate surface area is 140 Å². The first-order valence-corrected chi connectivity index (χ1v) is 8.14. The number of nitrogens with zero attached hydrogens (tertiary/aromatic N) is 1. The van der Waals surface area contributed by atoms with E-state index in [1.807, 2.05) is 44.4 Å². The normalized spacial score (nSPS) is 14.4. The van der Waals surface area contributed by atoms with Crippen molar-refractivity contribution in [3.05, 3.63) is 35.9 Å². The molecule has 1 aromatic rings. The number of nitrogens with one attached hydrogen (secondary N) is 2. The van der Waals surface area contributed by atoms with Crippen molar-refractivity contribution in [2.45, 2.75) is 44.8 Å². The summed E-state index contributed by atoms with van der Waals surface area (Å²) in [6.07, 6.45) is 0.214. The molecule has 5 nitrogen and oxygen atoms in total. The van der Waals surface area contributed by atoms with Crippen LogP contribution in [0.1, 0.15) is 38.7 Å². The lowest BCUT2D eigenvalue weighted by molar-refractivity contribution is 0.172. The molecule has 1 rings (SSSR count). The average Bonchev–Trinajstić information content (AvgIpc) is 2.49. The maximum absolute atomic E-state index is 12.0. The predicted molar refractivity (Wildman–Crippen MR) is 94.6 cm³/mol. The molecule has 0 bridgehead atoms. The molecule has 0 aliphatic rings. The summed E-state index contributed by atoms with van der Waals surface area (Å²) in [5.41, 5.74) is 1.03. The van der Waals surface area contributed by atoms with Crippen LogP contribution in [0, 0.1) is 0 Å². The minimum absolute atomic E-state index is 0.101. The second-order valence-electron chi connectivity index (χ2n) is 6.96. The second-order valence-corrected chi connectivity index (χ2v) is 6.96. The van der Waals surface area contributed by atoms with Crippen LogP contribution in [0.15, 0.2) is 30.3 Å². The molecule has 0 saturated heterocycles. The molecule has 3 N–H and O–H groups in total. The van der Waals surface area contributed by atoms with Crippen molar-refractivity contribution >= 4 is 6.03 Å². The van der Waals surface area contributed by atoms with Gasteiger partial charge >= 0.3 is 6.03 Å². The highest BCUT2D eigenvalue weighted by molar-refractivity contribution is 5.74. The Morgan fingerprint density at radius 3 is 2.35 bits per heavy atom. The molecule has 0 aliphatic carbocycles. The first kappa shape index (κ1) is 19.5. The maximum atomic E-state index is 12.0. The third-order valence-electron chi connectivity index (χ3n) is 4.30. The van der Waals surface area contributed by atoms with Gasteiger partial charge in [-0.1, -0.05) is 30.3 Å². The summed E-state index contributed by atoms with van der Waals surface area (Å²) in [6, 6.07) is 9.80. The summed E-state index contributed by atoms with van der Waals surface area (Å²) in [5.74, 6) is 0.101. The quantitative estimate of drug-likeness (QED) is 0.687. The summed E-state index contributed by atoms with van der Waals surface area (Å²) in [5, 5.41) is 15.5. The molecule has 2 unspecified atom stereocenters. The topological polar surface area (TPSA) is 64.6 Å². The molecule has 2 amide bonds. The minimum Gasteiger partial charge on any atom is -0.393 e. The summed E-state index contributed by atoms with van der Waals surface area (Å²) >= 11 is 0. The molecule has 0 radical (unpaired) electrons. The van der Waals surface area contributed by atoms with E-state index in [9.17, 15) is 9.90 Å². The number of aliphatic hydroxyl groups is 1.